The molecule has 7 nitrogen and oxygen atoms in total. The van der Waals surface area contributed by atoms with E-state index < -0.39 is 5.54 Å². The molecule has 4 N–H and O–H groups in total. The van der Waals surface area contributed by atoms with Gasteiger partial charge in [-0.05, 0) is 36.1 Å². The molecule has 0 saturated carbocycles. The van der Waals surface area contributed by atoms with Crippen LogP contribution in [0.3, 0.4) is 0 Å². The Morgan fingerprint density at radius 2 is 1.57 bits per heavy atom. The van der Waals surface area contributed by atoms with Gasteiger partial charge in [0.2, 0.25) is 11.8 Å². The predicted molar refractivity (Wildman–Crippen MR) is 112 cm³/mol. The maximum Gasteiger partial charge on any atom is 0.226 e. The SMILES string of the molecule is CC(=O)NC(CO)(CO)CCc1ccc(-c2coc(-c3ccc(CO)cc3)n2)cc1. The molecule has 1 aromatic heterocycles. The van der Waals surface area contributed by atoms with Crippen LogP contribution in [-0.4, -0.2) is 45.0 Å². The number of aromatic nitrogens is 1. The molecule has 0 saturated heterocycles. The van der Waals surface area contributed by atoms with Crippen LogP contribution in [0.25, 0.3) is 22.7 Å². The molecule has 3 aromatic rings. The summed E-state index contributed by atoms with van der Waals surface area (Å²) in [6.07, 6.45) is 2.60. The molecule has 0 aliphatic carbocycles. The van der Waals surface area contributed by atoms with E-state index in [0.29, 0.717) is 24.4 Å². The van der Waals surface area contributed by atoms with Crippen LogP contribution in [-0.2, 0) is 17.8 Å². The summed E-state index contributed by atoms with van der Waals surface area (Å²) in [5.74, 6) is 0.214. The van der Waals surface area contributed by atoms with E-state index in [-0.39, 0.29) is 25.7 Å². The minimum Gasteiger partial charge on any atom is -0.444 e. The second kappa shape index (κ2) is 9.67. The molecule has 1 heterocycles. The van der Waals surface area contributed by atoms with Crippen molar-refractivity contribution in [1.82, 2.24) is 10.3 Å². The Morgan fingerprint density at radius 3 is 2.13 bits per heavy atom. The summed E-state index contributed by atoms with van der Waals surface area (Å²) in [5.41, 5.74) is 3.25. The maximum absolute atomic E-state index is 11.4. The minimum absolute atomic E-state index is 0.00793. The van der Waals surface area contributed by atoms with Crippen molar-refractivity contribution < 1.29 is 24.5 Å². The van der Waals surface area contributed by atoms with E-state index >= 15 is 0 Å². The van der Waals surface area contributed by atoms with Crippen molar-refractivity contribution in [3.8, 4) is 22.7 Å². The Balaban J connectivity index is 1.68. The van der Waals surface area contributed by atoms with Gasteiger partial charge in [-0.25, -0.2) is 4.98 Å². The van der Waals surface area contributed by atoms with Crippen molar-refractivity contribution >= 4 is 5.91 Å². The lowest BCUT2D eigenvalue weighted by Gasteiger charge is -2.30. The van der Waals surface area contributed by atoms with E-state index in [1.54, 1.807) is 6.26 Å². The lowest BCUT2D eigenvalue weighted by molar-refractivity contribution is -0.122. The van der Waals surface area contributed by atoms with E-state index in [1.807, 2.05) is 48.5 Å². The highest BCUT2D eigenvalue weighted by Gasteiger charge is 2.29. The van der Waals surface area contributed by atoms with Crippen LogP contribution < -0.4 is 5.32 Å². The fourth-order valence-electron chi connectivity index (χ4n) is 3.24. The number of hydrogen-bond acceptors (Lipinski definition) is 6. The number of aliphatic hydroxyl groups excluding tert-OH is 3. The molecule has 3 rings (SSSR count). The number of hydrogen-bond donors (Lipinski definition) is 4. The molecular weight excluding hydrogens is 384 g/mol. The molecule has 0 radical (unpaired) electrons. The van der Waals surface area contributed by atoms with Gasteiger partial charge < -0.3 is 25.1 Å². The van der Waals surface area contributed by atoms with Crippen LogP contribution in [0, 0.1) is 0 Å². The van der Waals surface area contributed by atoms with E-state index in [0.717, 1.165) is 22.3 Å². The van der Waals surface area contributed by atoms with Crippen molar-refractivity contribution in [3.63, 3.8) is 0 Å². The molecule has 1 amide bonds. The molecule has 0 aliphatic rings. The van der Waals surface area contributed by atoms with Gasteiger partial charge in [-0.1, -0.05) is 36.4 Å². The first-order valence-electron chi connectivity index (χ1n) is 9.74. The van der Waals surface area contributed by atoms with Crippen molar-refractivity contribution in [2.45, 2.75) is 31.9 Å². The van der Waals surface area contributed by atoms with E-state index in [4.69, 9.17) is 9.52 Å². The number of carbonyl (C=O) groups excluding carboxylic acids is 1. The summed E-state index contributed by atoms with van der Waals surface area (Å²) < 4.78 is 5.60. The molecule has 7 heteroatoms. The monoisotopic (exact) mass is 410 g/mol. The van der Waals surface area contributed by atoms with Crippen molar-refractivity contribution in [2.24, 2.45) is 0 Å². The second-order valence-electron chi connectivity index (χ2n) is 7.37. The number of aliphatic hydroxyl groups is 3. The van der Waals surface area contributed by atoms with Crippen LogP contribution in [0.15, 0.2) is 59.2 Å². The molecule has 158 valence electrons. The molecular formula is C23H26N2O5. The zero-order valence-electron chi connectivity index (χ0n) is 16.8. The van der Waals surface area contributed by atoms with Crippen LogP contribution >= 0.6 is 0 Å². The van der Waals surface area contributed by atoms with Gasteiger partial charge in [-0.2, -0.15) is 0 Å². The largest absolute Gasteiger partial charge is 0.444 e. The number of nitrogens with zero attached hydrogens (tertiary/aromatic N) is 1. The van der Waals surface area contributed by atoms with Crippen molar-refractivity contribution in [3.05, 3.63) is 65.9 Å². The molecule has 30 heavy (non-hydrogen) atoms. The van der Waals surface area contributed by atoms with Gasteiger partial charge in [0.1, 0.15) is 12.0 Å². The first kappa shape index (κ1) is 21.7. The van der Waals surface area contributed by atoms with Gasteiger partial charge in [-0.3, -0.25) is 4.79 Å². The van der Waals surface area contributed by atoms with E-state index in [2.05, 4.69) is 10.3 Å². The number of amides is 1. The molecule has 0 aliphatic heterocycles. The average Bonchev–Trinajstić information content (AvgIpc) is 3.27. The zero-order chi connectivity index (χ0) is 21.6. The fourth-order valence-corrected chi connectivity index (χ4v) is 3.24. The third-order valence-electron chi connectivity index (χ3n) is 5.08. The van der Waals surface area contributed by atoms with Gasteiger partial charge >= 0.3 is 0 Å². The fraction of sp³-hybridized carbons (Fsp3) is 0.304. The van der Waals surface area contributed by atoms with Crippen molar-refractivity contribution in [1.29, 1.82) is 0 Å². The Labute approximate surface area is 175 Å². The van der Waals surface area contributed by atoms with Crippen LogP contribution in [0.2, 0.25) is 0 Å². The molecule has 0 spiro atoms. The number of nitrogens with one attached hydrogen (secondary N) is 1. The second-order valence-corrected chi connectivity index (χ2v) is 7.37. The van der Waals surface area contributed by atoms with Crippen molar-refractivity contribution in [2.75, 3.05) is 13.2 Å². The molecule has 0 unspecified atom stereocenters. The standard InChI is InChI=1S/C23H26N2O5/c1-16(29)25-23(14-27,15-28)11-10-17-2-6-19(7-3-17)21-13-30-22(24-21)20-8-4-18(12-26)5-9-20/h2-9,13,26-28H,10-12,14-15H2,1H3,(H,25,29). The summed E-state index contributed by atoms with van der Waals surface area (Å²) in [7, 11) is 0. The lowest BCUT2D eigenvalue weighted by Crippen LogP contribution is -2.53. The van der Waals surface area contributed by atoms with Gasteiger partial charge in [0.25, 0.3) is 0 Å². The first-order valence-corrected chi connectivity index (χ1v) is 9.74. The average molecular weight is 410 g/mol. The van der Waals surface area contributed by atoms with Gasteiger partial charge in [-0.15, -0.1) is 0 Å². The summed E-state index contributed by atoms with van der Waals surface area (Å²) in [6, 6.07) is 15.1. The van der Waals surface area contributed by atoms with Gasteiger partial charge in [0.05, 0.1) is 25.4 Å². The summed E-state index contributed by atoms with van der Waals surface area (Å²) in [4.78, 5) is 15.9. The Bertz CT molecular complexity index is 960. The van der Waals surface area contributed by atoms with Gasteiger partial charge in [0, 0.05) is 18.1 Å². The summed E-state index contributed by atoms with van der Waals surface area (Å²) in [6.45, 7) is 0.693. The Morgan fingerprint density at radius 1 is 0.967 bits per heavy atom. The van der Waals surface area contributed by atoms with Crippen LogP contribution in [0.1, 0.15) is 24.5 Å². The molecule has 0 atom stereocenters. The number of aryl methyl sites for hydroxylation is 1. The summed E-state index contributed by atoms with van der Waals surface area (Å²) in [5, 5.41) is 31.0. The van der Waals surface area contributed by atoms with E-state index in [1.165, 1.54) is 6.92 Å². The summed E-state index contributed by atoms with van der Waals surface area (Å²) >= 11 is 0. The topological polar surface area (TPSA) is 116 Å². The normalized spacial score (nSPS) is 11.5. The molecule has 0 fully saturated rings. The smallest absolute Gasteiger partial charge is 0.226 e. The Kier molecular flexibility index (Phi) is 6.99. The first-order chi connectivity index (χ1) is 14.5. The highest BCUT2D eigenvalue weighted by atomic mass is 16.3. The quantitative estimate of drug-likeness (QED) is 0.430. The zero-order valence-corrected chi connectivity index (χ0v) is 16.8. The predicted octanol–water partition coefficient (Wildman–Crippen LogP) is 2.29. The highest BCUT2D eigenvalue weighted by molar-refractivity contribution is 5.73. The maximum atomic E-state index is 11.4. The Hall–Kier alpha value is -3.00. The lowest BCUT2D eigenvalue weighted by atomic mass is 9.92. The molecule has 2 aromatic carbocycles. The number of benzene rings is 2. The number of carbonyl (C=O) groups is 1. The third-order valence-corrected chi connectivity index (χ3v) is 5.08. The molecule has 0 bridgehead atoms. The number of oxazole rings is 1. The number of rotatable bonds is 9. The van der Waals surface area contributed by atoms with Gasteiger partial charge in [0.15, 0.2) is 0 Å². The van der Waals surface area contributed by atoms with Crippen LogP contribution in [0.4, 0.5) is 0 Å². The minimum atomic E-state index is -1.03. The van der Waals surface area contributed by atoms with Crippen LogP contribution in [0.5, 0.6) is 0 Å². The third kappa shape index (κ3) is 5.13. The van der Waals surface area contributed by atoms with E-state index in [9.17, 15) is 15.0 Å². The highest BCUT2D eigenvalue weighted by Crippen LogP contribution is 2.26.